The number of carbonyl (C=O) groups is 1. The standard InChI is InChI=1S/C13H24O2/c1-5-6-12(14)15-11-7-10(2)8-13(3,4)9-11/h10-11H,5-9H2,1-4H3/t10-,11-/m1/s1. The van der Waals surface area contributed by atoms with Crippen molar-refractivity contribution in [1.29, 1.82) is 0 Å². The molecular formula is C13H24O2. The van der Waals surface area contributed by atoms with Gasteiger partial charge in [-0.3, -0.25) is 4.79 Å². The van der Waals surface area contributed by atoms with Gasteiger partial charge < -0.3 is 4.74 Å². The van der Waals surface area contributed by atoms with Gasteiger partial charge in [0.15, 0.2) is 0 Å². The summed E-state index contributed by atoms with van der Waals surface area (Å²) in [7, 11) is 0. The summed E-state index contributed by atoms with van der Waals surface area (Å²) in [5.74, 6) is 0.653. The second-order valence-electron chi connectivity index (χ2n) is 5.78. The van der Waals surface area contributed by atoms with E-state index in [-0.39, 0.29) is 12.1 Å². The number of rotatable bonds is 3. The fourth-order valence-corrected chi connectivity index (χ4v) is 2.80. The highest BCUT2D eigenvalue weighted by Gasteiger charge is 2.33. The van der Waals surface area contributed by atoms with Crippen LogP contribution in [0.25, 0.3) is 0 Å². The topological polar surface area (TPSA) is 26.3 Å². The summed E-state index contributed by atoms with van der Waals surface area (Å²) in [6, 6.07) is 0. The molecule has 1 fully saturated rings. The van der Waals surface area contributed by atoms with Crippen LogP contribution in [0.1, 0.15) is 59.8 Å². The van der Waals surface area contributed by atoms with Crippen molar-refractivity contribution in [2.24, 2.45) is 11.3 Å². The van der Waals surface area contributed by atoms with E-state index in [0.717, 1.165) is 19.3 Å². The summed E-state index contributed by atoms with van der Waals surface area (Å²) < 4.78 is 5.50. The van der Waals surface area contributed by atoms with E-state index in [0.29, 0.717) is 17.8 Å². The Kier molecular flexibility index (Phi) is 4.18. The number of hydrogen-bond acceptors (Lipinski definition) is 2. The van der Waals surface area contributed by atoms with Gasteiger partial charge in [-0.15, -0.1) is 0 Å². The molecule has 0 bridgehead atoms. The molecule has 15 heavy (non-hydrogen) atoms. The molecule has 0 aromatic heterocycles. The molecule has 0 radical (unpaired) electrons. The largest absolute Gasteiger partial charge is 0.462 e. The van der Waals surface area contributed by atoms with E-state index in [9.17, 15) is 4.79 Å². The Bertz CT molecular complexity index is 221. The fourth-order valence-electron chi connectivity index (χ4n) is 2.80. The highest BCUT2D eigenvalue weighted by Crippen LogP contribution is 2.39. The monoisotopic (exact) mass is 212 g/mol. The molecule has 0 aliphatic heterocycles. The first-order valence-electron chi connectivity index (χ1n) is 6.12. The third-order valence-electron chi connectivity index (χ3n) is 3.10. The summed E-state index contributed by atoms with van der Waals surface area (Å²) in [4.78, 5) is 11.4. The molecule has 0 aromatic rings. The lowest BCUT2D eigenvalue weighted by Crippen LogP contribution is -2.33. The van der Waals surface area contributed by atoms with Crippen LogP contribution >= 0.6 is 0 Å². The van der Waals surface area contributed by atoms with Crippen LogP contribution in [-0.4, -0.2) is 12.1 Å². The van der Waals surface area contributed by atoms with Gasteiger partial charge in [0, 0.05) is 6.42 Å². The van der Waals surface area contributed by atoms with Crippen molar-refractivity contribution in [3.63, 3.8) is 0 Å². The number of esters is 1. The third kappa shape index (κ3) is 4.23. The molecule has 2 nitrogen and oxygen atoms in total. The zero-order valence-corrected chi connectivity index (χ0v) is 10.5. The Labute approximate surface area is 93.4 Å². The van der Waals surface area contributed by atoms with E-state index < -0.39 is 0 Å². The molecular weight excluding hydrogens is 188 g/mol. The number of hydrogen-bond donors (Lipinski definition) is 0. The van der Waals surface area contributed by atoms with E-state index >= 15 is 0 Å². The average Bonchev–Trinajstić information content (AvgIpc) is 1.99. The number of carbonyl (C=O) groups excluding carboxylic acids is 1. The Hall–Kier alpha value is -0.530. The highest BCUT2D eigenvalue weighted by atomic mass is 16.5. The van der Waals surface area contributed by atoms with Crippen molar-refractivity contribution in [1.82, 2.24) is 0 Å². The summed E-state index contributed by atoms with van der Waals surface area (Å²) in [5, 5.41) is 0. The van der Waals surface area contributed by atoms with Crippen molar-refractivity contribution in [3.8, 4) is 0 Å². The van der Waals surface area contributed by atoms with Gasteiger partial charge in [0.1, 0.15) is 6.10 Å². The van der Waals surface area contributed by atoms with Gasteiger partial charge in [-0.1, -0.05) is 27.7 Å². The normalized spacial score (nSPS) is 29.9. The van der Waals surface area contributed by atoms with Gasteiger partial charge in [-0.05, 0) is 37.0 Å². The number of ether oxygens (including phenoxy) is 1. The maximum Gasteiger partial charge on any atom is 0.306 e. The van der Waals surface area contributed by atoms with Crippen LogP contribution < -0.4 is 0 Å². The zero-order valence-electron chi connectivity index (χ0n) is 10.5. The summed E-state index contributed by atoms with van der Waals surface area (Å²) >= 11 is 0. The molecule has 2 heteroatoms. The minimum atomic E-state index is -0.0209. The van der Waals surface area contributed by atoms with Gasteiger partial charge >= 0.3 is 5.97 Å². The first-order chi connectivity index (χ1) is 6.93. The molecule has 0 heterocycles. The van der Waals surface area contributed by atoms with Crippen LogP contribution in [0.15, 0.2) is 0 Å². The lowest BCUT2D eigenvalue weighted by molar-refractivity contribution is -0.153. The fraction of sp³-hybridized carbons (Fsp3) is 0.923. The Morgan fingerprint density at radius 3 is 2.60 bits per heavy atom. The molecule has 0 amide bonds. The van der Waals surface area contributed by atoms with Crippen LogP contribution in [0.3, 0.4) is 0 Å². The van der Waals surface area contributed by atoms with Gasteiger partial charge in [-0.2, -0.15) is 0 Å². The molecule has 1 rings (SSSR count). The van der Waals surface area contributed by atoms with E-state index in [4.69, 9.17) is 4.74 Å². The van der Waals surface area contributed by atoms with Crippen molar-refractivity contribution < 1.29 is 9.53 Å². The maximum atomic E-state index is 11.4. The van der Waals surface area contributed by atoms with Crippen LogP contribution in [0.5, 0.6) is 0 Å². The summed E-state index contributed by atoms with van der Waals surface area (Å²) in [5.41, 5.74) is 0.328. The predicted molar refractivity (Wildman–Crippen MR) is 61.6 cm³/mol. The van der Waals surface area contributed by atoms with Crippen molar-refractivity contribution >= 4 is 5.97 Å². The van der Waals surface area contributed by atoms with Gasteiger partial charge in [-0.25, -0.2) is 0 Å². The molecule has 0 N–H and O–H groups in total. The quantitative estimate of drug-likeness (QED) is 0.669. The third-order valence-corrected chi connectivity index (χ3v) is 3.10. The first kappa shape index (κ1) is 12.5. The minimum absolute atomic E-state index is 0.0209. The summed E-state index contributed by atoms with van der Waals surface area (Å²) in [6.07, 6.45) is 4.90. The van der Waals surface area contributed by atoms with E-state index in [2.05, 4.69) is 20.8 Å². The van der Waals surface area contributed by atoms with Gasteiger partial charge in [0.25, 0.3) is 0 Å². The van der Waals surface area contributed by atoms with E-state index in [1.54, 1.807) is 0 Å². The average molecular weight is 212 g/mol. The van der Waals surface area contributed by atoms with Crippen LogP contribution in [0, 0.1) is 11.3 Å². The summed E-state index contributed by atoms with van der Waals surface area (Å²) in [6.45, 7) is 8.79. The molecule has 0 aromatic carbocycles. The van der Waals surface area contributed by atoms with Crippen molar-refractivity contribution in [2.75, 3.05) is 0 Å². The molecule has 1 aliphatic rings. The minimum Gasteiger partial charge on any atom is -0.462 e. The first-order valence-corrected chi connectivity index (χ1v) is 6.12. The van der Waals surface area contributed by atoms with E-state index in [1.165, 1.54) is 6.42 Å². The van der Waals surface area contributed by atoms with Crippen molar-refractivity contribution in [3.05, 3.63) is 0 Å². The second kappa shape index (κ2) is 5.00. The zero-order chi connectivity index (χ0) is 11.5. The Morgan fingerprint density at radius 1 is 1.40 bits per heavy atom. The molecule has 1 aliphatic carbocycles. The second-order valence-corrected chi connectivity index (χ2v) is 5.78. The Morgan fingerprint density at radius 2 is 2.07 bits per heavy atom. The Balaban J connectivity index is 2.45. The molecule has 2 atom stereocenters. The molecule has 0 unspecified atom stereocenters. The van der Waals surface area contributed by atoms with Crippen molar-refractivity contribution in [2.45, 2.75) is 65.9 Å². The highest BCUT2D eigenvalue weighted by molar-refractivity contribution is 5.69. The van der Waals surface area contributed by atoms with Gasteiger partial charge in [0.05, 0.1) is 0 Å². The lowest BCUT2D eigenvalue weighted by Gasteiger charge is -2.38. The van der Waals surface area contributed by atoms with Crippen LogP contribution in [0.2, 0.25) is 0 Å². The lowest BCUT2D eigenvalue weighted by atomic mass is 9.71. The van der Waals surface area contributed by atoms with Crippen LogP contribution in [-0.2, 0) is 9.53 Å². The van der Waals surface area contributed by atoms with Crippen LogP contribution in [0.4, 0.5) is 0 Å². The predicted octanol–water partition coefficient (Wildman–Crippen LogP) is 3.54. The SMILES string of the molecule is CCCC(=O)O[C@@H]1C[C@@H](C)CC(C)(C)C1. The maximum absolute atomic E-state index is 11.4. The van der Waals surface area contributed by atoms with Gasteiger partial charge in [0.2, 0.25) is 0 Å². The molecule has 0 spiro atoms. The molecule has 1 saturated carbocycles. The van der Waals surface area contributed by atoms with E-state index in [1.807, 2.05) is 6.92 Å². The molecule has 88 valence electrons. The smallest absolute Gasteiger partial charge is 0.306 e. The molecule has 0 saturated heterocycles.